The largest absolute Gasteiger partial charge is 0.496 e. The molecule has 0 radical (unpaired) electrons. The first kappa shape index (κ1) is 14.9. The Morgan fingerprint density at radius 1 is 1.11 bits per heavy atom. The van der Waals surface area contributed by atoms with Crippen LogP contribution in [0.3, 0.4) is 0 Å². The van der Waals surface area contributed by atoms with Crippen molar-refractivity contribution < 1.29 is 14.2 Å². The first-order chi connectivity index (χ1) is 8.58. The van der Waals surface area contributed by atoms with Crippen LogP contribution in [-0.4, -0.2) is 27.6 Å². The van der Waals surface area contributed by atoms with Gasteiger partial charge in [0.2, 0.25) is 0 Å². The molecule has 1 aromatic rings. The second-order valence-corrected chi connectivity index (χ2v) is 4.18. The second kappa shape index (κ2) is 6.70. The summed E-state index contributed by atoms with van der Waals surface area (Å²) in [5, 5.41) is 0. The summed E-state index contributed by atoms with van der Waals surface area (Å²) in [6.07, 6.45) is -0.481. The Kier molecular flexibility index (Phi) is 5.55. The highest BCUT2D eigenvalue weighted by Crippen LogP contribution is 2.32. The van der Waals surface area contributed by atoms with Crippen molar-refractivity contribution >= 4 is 0 Å². The summed E-state index contributed by atoms with van der Waals surface area (Å²) in [4.78, 5) is 0. The summed E-state index contributed by atoms with van der Waals surface area (Å²) in [7, 11) is 4.79. The normalized spacial score (nSPS) is 12.8. The smallest absolute Gasteiger partial charge is 0.177 e. The summed E-state index contributed by atoms with van der Waals surface area (Å²) in [6, 6.07) is 3.75. The summed E-state index contributed by atoms with van der Waals surface area (Å²) in [5.74, 6) is 6.39. The predicted molar refractivity (Wildman–Crippen MR) is 70.3 cm³/mol. The number of hydrogen-bond acceptors (Lipinski definition) is 5. The second-order valence-electron chi connectivity index (χ2n) is 4.18. The molecule has 0 fully saturated rings. The number of rotatable bonds is 6. The molecule has 5 heteroatoms. The van der Waals surface area contributed by atoms with Gasteiger partial charge in [-0.25, -0.2) is 5.43 Å². The molecule has 1 aromatic carbocycles. The van der Waals surface area contributed by atoms with Gasteiger partial charge in [-0.15, -0.1) is 0 Å². The van der Waals surface area contributed by atoms with Crippen LogP contribution in [0, 0.1) is 13.8 Å². The molecule has 0 amide bonds. The molecule has 1 atom stereocenters. The number of aryl methyl sites for hydroxylation is 2. The molecular formula is C13H22N2O3. The van der Waals surface area contributed by atoms with E-state index in [1.807, 2.05) is 19.9 Å². The number of hydrazine groups is 1. The molecule has 0 spiro atoms. The van der Waals surface area contributed by atoms with Crippen LogP contribution in [0.4, 0.5) is 0 Å². The summed E-state index contributed by atoms with van der Waals surface area (Å²) < 4.78 is 16.0. The molecule has 0 aromatic heterocycles. The van der Waals surface area contributed by atoms with E-state index < -0.39 is 6.29 Å². The third kappa shape index (κ3) is 3.00. The van der Waals surface area contributed by atoms with Crippen molar-refractivity contribution in [2.75, 3.05) is 21.3 Å². The number of benzene rings is 1. The Hall–Kier alpha value is -1.14. The monoisotopic (exact) mass is 254 g/mol. The Morgan fingerprint density at radius 2 is 1.72 bits per heavy atom. The van der Waals surface area contributed by atoms with E-state index in [0.717, 1.165) is 22.4 Å². The van der Waals surface area contributed by atoms with Gasteiger partial charge in [-0.05, 0) is 31.0 Å². The average molecular weight is 254 g/mol. The standard InChI is InChI=1S/C13H22N2O3/c1-8-6-9(2)11(10(7-8)16-3)12(15-14)13(17-4)18-5/h6-7,12-13,15H,14H2,1-5H3. The van der Waals surface area contributed by atoms with E-state index in [1.165, 1.54) is 0 Å². The quantitative estimate of drug-likeness (QED) is 0.457. The van der Waals surface area contributed by atoms with Crippen LogP contribution in [0.15, 0.2) is 12.1 Å². The number of nitrogens with two attached hydrogens (primary N) is 1. The van der Waals surface area contributed by atoms with Gasteiger partial charge in [-0.1, -0.05) is 6.07 Å². The van der Waals surface area contributed by atoms with Gasteiger partial charge in [-0.3, -0.25) is 5.84 Å². The molecule has 0 saturated heterocycles. The molecule has 3 N–H and O–H groups in total. The van der Waals surface area contributed by atoms with Gasteiger partial charge >= 0.3 is 0 Å². The zero-order valence-electron chi connectivity index (χ0n) is 11.6. The molecule has 0 aliphatic rings. The van der Waals surface area contributed by atoms with Gasteiger partial charge in [0.25, 0.3) is 0 Å². The fourth-order valence-corrected chi connectivity index (χ4v) is 2.17. The van der Waals surface area contributed by atoms with Gasteiger partial charge in [0, 0.05) is 19.8 Å². The number of methoxy groups -OCH3 is 3. The van der Waals surface area contributed by atoms with Crippen molar-refractivity contribution in [3.63, 3.8) is 0 Å². The third-order valence-corrected chi connectivity index (χ3v) is 2.94. The minimum absolute atomic E-state index is 0.296. The summed E-state index contributed by atoms with van der Waals surface area (Å²) in [5.41, 5.74) is 5.88. The zero-order chi connectivity index (χ0) is 13.7. The summed E-state index contributed by atoms with van der Waals surface area (Å²) >= 11 is 0. The van der Waals surface area contributed by atoms with Crippen molar-refractivity contribution in [1.82, 2.24) is 5.43 Å². The van der Waals surface area contributed by atoms with E-state index >= 15 is 0 Å². The van der Waals surface area contributed by atoms with Crippen molar-refractivity contribution in [3.05, 3.63) is 28.8 Å². The topological polar surface area (TPSA) is 65.7 Å². The van der Waals surface area contributed by atoms with E-state index in [-0.39, 0.29) is 6.04 Å². The van der Waals surface area contributed by atoms with Crippen molar-refractivity contribution in [1.29, 1.82) is 0 Å². The molecule has 5 nitrogen and oxygen atoms in total. The van der Waals surface area contributed by atoms with Gasteiger partial charge < -0.3 is 14.2 Å². The maximum absolute atomic E-state index is 5.62. The molecule has 1 unspecified atom stereocenters. The Bertz CT molecular complexity index is 392. The van der Waals surface area contributed by atoms with Gasteiger partial charge in [0.15, 0.2) is 6.29 Å². The zero-order valence-corrected chi connectivity index (χ0v) is 11.6. The lowest BCUT2D eigenvalue weighted by Gasteiger charge is -2.27. The van der Waals surface area contributed by atoms with Crippen molar-refractivity contribution in [2.24, 2.45) is 5.84 Å². The number of hydrogen-bond donors (Lipinski definition) is 2. The van der Waals surface area contributed by atoms with E-state index in [1.54, 1.807) is 21.3 Å². The lowest BCUT2D eigenvalue weighted by atomic mass is 9.97. The molecule has 0 heterocycles. The third-order valence-electron chi connectivity index (χ3n) is 2.94. The highest BCUT2D eigenvalue weighted by atomic mass is 16.7. The fraction of sp³-hybridized carbons (Fsp3) is 0.538. The summed E-state index contributed by atoms with van der Waals surface area (Å²) in [6.45, 7) is 4.03. The van der Waals surface area contributed by atoms with E-state index in [4.69, 9.17) is 20.1 Å². The van der Waals surface area contributed by atoms with Crippen LogP contribution in [-0.2, 0) is 9.47 Å². The lowest BCUT2D eigenvalue weighted by molar-refractivity contribution is -0.124. The highest BCUT2D eigenvalue weighted by molar-refractivity contribution is 5.45. The maximum atomic E-state index is 5.62. The van der Waals surface area contributed by atoms with Crippen LogP contribution in [0.2, 0.25) is 0 Å². The molecule has 0 aliphatic heterocycles. The number of nitrogens with one attached hydrogen (secondary N) is 1. The molecule has 1 rings (SSSR count). The van der Waals surface area contributed by atoms with Crippen molar-refractivity contribution in [3.8, 4) is 5.75 Å². The van der Waals surface area contributed by atoms with E-state index in [2.05, 4.69) is 11.5 Å². The highest BCUT2D eigenvalue weighted by Gasteiger charge is 2.26. The van der Waals surface area contributed by atoms with Crippen LogP contribution in [0.1, 0.15) is 22.7 Å². The van der Waals surface area contributed by atoms with Crippen LogP contribution >= 0.6 is 0 Å². The molecule has 18 heavy (non-hydrogen) atoms. The molecule has 0 saturated carbocycles. The first-order valence-electron chi connectivity index (χ1n) is 5.75. The van der Waals surface area contributed by atoms with Gasteiger partial charge in [0.1, 0.15) is 11.8 Å². The minimum atomic E-state index is -0.481. The van der Waals surface area contributed by atoms with Crippen LogP contribution in [0.5, 0.6) is 5.75 Å². The molecular weight excluding hydrogens is 232 g/mol. The van der Waals surface area contributed by atoms with Crippen LogP contribution < -0.4 is 16.0 Å². The predicted octanol–water partition coefficient (Wildman–Crippen LogP) is 1.44. The van der Waals surface area contributed by atoms with Crippen molar-refractivity contribution in [2.45, 2.75) is 26.2 Å². The molecule has 102 valence electrons. The lowest BCUT2D eigenvalue weighted by Crippen LogP contribution is -2.39. The van der Waals surface area contributed by atoms with E-state index in [0.29, 0.717) is 0 Å². The van der Waals surface area contributed by atoms with Gasteiger partial charge in [-0.2, -0.15) is 0 Å². The average Bonchev–Trinajstić information content (AvgIpc) is 2.36. The Morgan fingerprint density at radius 3 is 2.17 bits per heavy atom. The molecule has 0 aliphatic carbocycles. The fourth-order valence-electron chi connectivity index (χ4n) is 2.17. The maximum Gasteiger partial charge on any atom is 0.177 e. The SMILES string of the molecule is COc1cc(C)cc(C)c1C(NN)C(OC)OC. The van der Waals surface area contributed by atoms with Crippen LogP contribution in [0.25, 0.3) is 0 Å². The first-order valence-corrected chi connectivity index (χ1v) is 5.75. The number of ether oxygens (including phenoxy) is 3. The minimum Gasteiger partial charge on any atom is -0.496 e. The van der Waals surface area contributed by atoms with Gasteiger partial charge in [0.05, 0.1) is 7.11 Å². The van der Waals surface area contributed by atoms with E-state index in [9.17, 15) is 0 Å². The Balaban J connectivity index is 3.27. The molecule has 0 bridgehead atoms. The Labute approximate surface area is 108 Å².